The average molecular weight is 274 g/mol. The van der Waals surface area contributed by atoms with Crippen LogP contribution in [-0.2, 0) is 9.32 Å². The van der Waals surface area contributed by atoms with Crippen molar-refractivity contribution in [1.82, 2.24) is 0 Å². The van der Waals surface area contributed by atoms with Crippen LogP contribution in [0.4, 0.5) is 0 Å². The first kappa shape index (κ1) is 17.9. The lowest BCUT2D eigenvalue weighted by Crippen LogP contribution is -2.39. The van der Waals surface area contributed by atoms with Crippen molar-refractivity contribution in [3.8, 4) is 0 Å². The van der Waals surface area contributed by atoms with Crippen molar-refractivity contribution in [2.24, 2.45) is 11.3 Å². The smallest absolute Gasteiger partial charge is 0.314 e. The highest BCUT2D eigenvalue weighted by atomic mass is 31.0. The summed E-state index contributed by atoms with van der Waals surface area (Å²) in [6, 6.07) is 0. The second-order valence-corrected chi connectivity index (χ2v) is 5.57. The van der Waals surface area contributed by atoms with E-state index in [2.05, 4.69) is 37.2 Å². The monoisotopic (exact) mass is 274 g/mol. The van der Waals surface area contributed by atoms with Gasteiger partial charge in [0.2, 0.25) is 0 Å². The summed E-state index contributed by atoms with van der Waals surface area (Å²) in [5, 5.41) is 0. The topological polar surface area (TPSA) is 26.3 Å². The number of carbonyl (C=O) groups excluding carboxylic acids is 1. The minimum absolute atomic E-state index is 0.0110. The largest absolute Gasteiger partial charge is 0.451 e. The normalized spacial score (nSPS) is 11.9. The summed E-state index contributed by atoms with van der Waals surface area (Å²) in [6.07, 6.45) is 8.56. The zero-order chi connectivity index (χ0) is 14.0. The van der Waals surface area contributed by atoms with Crippen molar-refractivity contribution in [3.63, 3.8) is 0 Å². The summed E-state index contributed by atoms with van der Waals surface area (Å²) >= 11 is 0. The third-order valence-electron chi connectivity index (χ3n) is 3.96. The standard InChI is InChI=1S/C15H31O2P/c1-5-9-13(10-6-2)15(11-7-3,12-8-4)14(16)17-18/h13H,5-12,18H2,1-4H3. The third-order valence-corrected chi connectivity index (χ3v) is 4.18. The predicted molar refractivity (Wildman–Crippen MR) is 81.4 cm³/mol. The predicted octanol–water partition coefficient (Wildman–Crippen LogP) is 5.12. The first-order valence-electron chi connectivity index (χ1n) is 7.53. The van der Waals surface area contributed by atoms with E-state index in [4.69, 9.17) is 4.52 Å². The van der Waals surface area contributed by atoms with Gasteiger partial charge in [-0.25, -0.2) is 0 Å². The Morgan fingerprint density at radius 2 is 1.44 bits per heavy atom. The maximum atomic E-state index is 12.4. The molecule has 0 aliphatic rings. The van der Waals surface area contributed by atoms with E-state index in [1.807, 2.05) is 0 Å². The van der Waals surface area contributed by atoms with Gasteiger partial charge < -0.3 is 4.52 Å². The molecule has 0 aromatic carbocycles. The first-order chi connectivity index (χ1) is 8.62. The molecule has 18 heavy (non-hydrogen) atoms. The Hall–Kier alpha value is -0.100. The van der Waals surface area contributed by atoms with E-state index in [0.29, 0.717) is 5.92 Å². The van der Waals surface area contributed by atoms with Crippen molar-refractivity contribution in [1.29, 1.82) is 0 Å². The number of carbonyl (C=O) groups is 1. The van der Waals surface area contributed by atoms with Gasteiger partial charge in [0.1, 0.15) is 0 Å². The van der Waals surface area contributed by atoms with Gasteiger partial charge in [-0.1, -0.05) is 53.4 Å². The summed E-state index contributed by atoms with van der Waals surface area (Å²) in [6.45, 7) is 8.74. The Bertz CT molecular complexity index is 217. The lowest BCUT2D eigenvalue weighted by molar-refractivity contribution is -0.150. The Kier molecular flexibility index (Phi) is 9.73. The maximum Gasteiger partial charge on any atom is 0.314 e. The van der Waals surface area contributed by atoms with Gasteiger partial charge >= 0.3 is 5.97 Å². The van der Waals surface area contributed by atoms with Crippen LogP contribution >= 0.6 is 9.47 Å². The van der Waals surface area contributed by atoms with Crippen LogP contribution in [0, 0.1) is 11.3 Å². The van der Waals surface area contributed by atoms with Gasteiger partial charge in [0.05, 0.1) is 14.9 Å². The van der Waals surface area contributed by atoms with Crippen molar-refractivity contribution in [2.45, 2.75) is 79.1 Å². The zero-order valence-electron chi connectivity index (χ0n) is 12.6. The minimum atomic E-state index is -0.253. The fourth-order valence-corrected chi connectivity index (χ4v) is 3.54. The van der Waals surface area contributed by atoms with Crippen LogP contribution in [0.25, 0.3) is 0 Å². The molecule has 0 bridgehead atoms. The lowest BCUT2D eigenvalue weighted by atomic mass is 9.66. The molecular formula is C15H31O2P. The quantitative estimate of drug-likeness (QED) is 0.517. The number of hydrogen-bond donors (Lipinski definition) is 0. The Morgan fingerprint density at radius 1 is 1.00 bits per heavy atom. The molecule has 0 saturated carbocycles. The molecule has 0 spiro atoms. The lowest BCUT2D eigenvalue weighted by Gasteiger charge is -2.38. The Labute approximate surface area is 116 Å². The number of hydrogen-bond acceptors (Lipinski definition) is 2. The molecule has 0 heterocycles. The fraction of sp³-hybridized carbons (Fsp3) is 0.933. The van der Waals surface area contributed by atoms with Gasteiger partial charge in [-0.15, -0.1) is 0 Å². The highest BCUT2D eigenvalue weighted by molar-refractivity contribution is 7.10. The summed E-state index contributed by atoms with van der Waals surface area (Å²) in [5.74, 6) is 0.462. The Balaban J connectivity index is 5.24. The van der Waals surface area contributed by atoms with Gasteiger partial charge in [0, 0.05) is 0 Å². The van der Waals surface area contributed by atoms with Crippen molar-refractivity contribution in [3.05, 3.63) is 0 Å². The molecule has 0 aliphatic heterocycles. The molecule has 108 valence electrons. The summed E-state index contributed by atoms with van der Waals surface area (Å²) in [5.41, 5.74) is -0.253. The van der Waals surface area contributed by atoms with Crippen LogP contribution in [0.3, 0.4) is 0 Å². The van der Waals surface area contributed by atoms with Crippen LogP contribution in [0.1, 0.15) is 79.1 Å². The van der Waals surface area contributed by atoms with Gasteiger partial charge in [-0.3, -0.25) is 4.79 Å². The van der Waals surface area contributed by atoms with Crippen LogP contribution in [0.2, 0.25) is 0 Å². The molecule has 0 aromatic rings. The third kappa shape index (κ3) is 4.53. The highest BCUT2D eigenvalue weighted by Gasteiger charge is 2.43. The van der Waals surface area contributed by atoms with Gasteiger partial charge in [0.15, 0.2) is 0 Å². The molecule has 3 heteroatoms. The molecule has 0 N–H and O–H groups in total. The molecule has 0 rings (SSSR count). The van der Waals surface area contributed by atoms with Crippen molar-refractivity contribution < 1.29 is 9.32 Å². The summed E-state index contributed by atoms with van der Waals surface area (Å²) < 4.78 is 5.07. The van der Waals surface area contributed by atoms with E-state index < -0.39 is 0 Å². The highest BCUT2D eigenvalue weighted by Crippen LogP contribution is 2.44. The fourth-order valence-electron chi connectivity index (χ4n) is 3.31. The molecule has 0 amide bonds. The molecule has 0 radical (unpaired) electrons. The molecule has 1 unspecified atom stereocenters. The second kappa shape index (κ2) is 9.78. The molecule has 0 aliphatic carbocycles. The maximum absolute atomic E-state index is 12.4. The van der Waals surface area contributed by atoms with Crippen molar-refractivity contribution in [2.75, 3.05) is 0 Å². The minimum Gasteiger partial charge on any atom is -0.451 e. The van der Waals surface area contributed by atoms with Crippen LogP contribution in [0.5, 0.6) is 0 Å². The Morgan fingerprint density at radius 3 is 1.72 bits per heavy atom. The van der Waals surface area contributed by atoms with E-state index in [-0.39, 0.29) is 11.4 Å². The SMILES string of the molecule is CCCC(CCC)C(CCC)(CCC)C(=O)OP. The molecule has 2 nitrogen and oxygen atoms in total. The number of rotatable bonds is 10. The molecule has 0 saturated heterocycles. The average Bonchev–Trinajstić information content (AvgIpc) is 2.37. The molecular weight excluding hydrogens is 243 g/mol. The van der Waals surface area contributed by atoms with Crippen LogP contribution < -0.4 is 0 Å². The van der Waals surface area contributed by atoms with E-state index in [1.54, 1.807) is 0 Å². The van der Waals surface area contributed by atoms with Crippen LogP contribution in [0.15, 0.2) is 0 Å². The van der Waals surface area contributed by atoms with E-state index in [1.165, 1.54) is 0 Å². The van der Waals surface area contributed by atoms with Gasteiger partial charge in [-0.05, 0) is 31.6 Å². The van der Waals surface area contributed by atoms with E-state index in [9.17, 15) is 4.79 Å². The molecule has 1 atom stereocenters. The van der Waals surface area contributed by atoms with Crippen molar-refractivity contribution >= 4 is 15.4 Å². The van der Waals surface area contributed by atoms with Crippen LogP contribution in [-0.4, -0.2) is 5.97 Å². The zero-order valence-corrected chi connectivity index (χ0v) is 13.8. The van der Waals surface area contributed by atoms with E-state index >= 15 is 0 Å². The second-order valence-electron chi connectivity index (χ2n) is 5.34. The van der Waals surface area contributed by atoms with Gasteiger partial charge in [-0.2, -0.15) is 0 Å². The molecule has 0 aromatic heterocycles. The summed E-state index contributed by atoms with van der Waals surface area (Å²) in [4.78, 5) is 12.4. The van der Waals surface area contributed by atoms with E-state index in [0.717, 1.165) is 51.4 Å². The summed E-state index contributed by atoms with van der Waals surface area (Å²) in [7, 11) is 2.15. The first-order valence-corrected chi connectivity index (χ1v) is 8.01. The molecule has 0 fully saturated rings. The van der Waals surface area contributed by atoms with Gasteiger partial charge in [0.25, 0.3) is 0 Å².